The van der Waals surface area contributed by atoms with Crippen LogP contribution in [-0.2, 0) is 13.2 Å². The zero-order valence-corrected chi connectivity index (χ0v) is 8.14. The number of halogens is 2. The molecule has 0 spiro atoms. The second-order valence-corrected chi connectivity index (χ2v) is 2.54. The van der Waals surface area contributed by atoms with Gasteiger partial charge in [-0.2, -0.15) is 0 Å². The van der Waals surface area contributed by atoms with Gasteiger partial charge in [-0.1, -0.05) is 0 Å². The topological polar surface area (TPSA) is 59.1 Å². The van der Waals surface area contributed by atoms with Crippen molar-refractivity contribution in [2.45, 2.75) is 13.2 Å². The van der Waals surface area contributed by atoms with Gasteiger partial charge in [-0.15, -0.1) is 36.2 Å². The minimum absolute atomic E-state index is 0. The quantitative estimate of drug-likeness (QED) is 0.774. The highest BCUT2D eigenvalue weighted by Gasteiger charge is 1.96. The van der Waals surface area contributed by atoms with E-state index in [-0.39, 0.29) is 31.4 Å². The molecule has 0 amide bonds. The summed E-state index contributed by atoms with van der Waals surface area (Å²) >= 11 is 1.43. The maximum atomic E-state index is 8.55. The summed E-state index contributed by atoms with van der Waals surface area (Å²) in [6.45, 7) is 0.473. The normalized spacial score (nSPS) is 8.18. The molecule has 1 rings (SSSR count). The summed E-state index contributed by atoms with van der Waals surface area (Å²) in [4.78, 5) is 3.99. The molecule has 3 nitrogen and oxygen atoms in total. The van der Waals surface area contributed by atoms with Gasteiger partial charge in [-0.05, 0) is 0 Å². The highest BCUT2D eigenvalue weighted by atomic mass is 35.5. The highest BCUT2D eigenvalue weighted by molar-refractivity contribution is 7.09. The summed E-state index contributed by atoms with van der Waals surface area (Å²) in [6, 6.07) is 0. The molecular formula is C5H10Cl2N2OS. The molecule has 3 N–H and O–H groups in total. The van der Waals surface area contributed by atoms with Crippen molar-refractivity contribution in [1.29, 1.82) is 0 Å². The smallest absolute Gasteiger partial charge is 0.118 e. The zero-order valence-electron chi connectivity index (χ0n) is 5.69. The van der Waals surface area contributed by atoms with Gasteiger partial charge in [-0.25, -0.2) is 4.98 Å². The molecule has 0 saturated heterocycles. The van der Waals surface area contributed by atoms with Crippen molar-refractivity contribution in [2.24, 2.45) is 5.73 Å². The third-order valence-electron chi connectivity index (χ3n) is 0.944. The fourth-order valence-corrected chi connectivity index (χ4v) is 1.18. The van der Waals surface area contributed by atoms with Crippen molar-refractivity contribution in [3.8, 4) is 0 Å². The molecule has 66 valence electrons. The number of aliphatic hydroxyl groups excluding tert-OH is 1. The van der Waals surface area contributed by atoms with E-state index in [1.54, 1.807) is 0 Å². The molecule has 1 heterocycles. The Morgan fingerprint density at radius 3 is 2.45 bits per heavy atom. The lowest BCUT2D eigenvalue weighted by atomic mass is 10.5. The van der Waals surface area contributed by atoms with Crippen LogP contribution in [0.25, 0.3) is 0 Å². The summed E-state index contributed by atoms with van der Waals surface area (Å²) in [5.41, 5.74) is 6.13. The molecule has 0 aliphatic rings. The van der Waals surface area contributed by atoms with Gasteiger partial charge < -0.3 is 10.8 Å². The average Bonchev–Trinajstić information content (AvgIpc) is 2.34. The first-order valence-electron chi connectivity index (χ1n) is 2.61. The van der Waals surface area contributed by atoms with Gasteiger partial charge in [0, 0.05) is 11.9 Å². The van der Waals surface area contributed by atoms with Crippen molar-refractivity contribution in [1.82, 2.24) is 4.98 Å². The fraction of sp³-hybridized carbons (Fsp3) is 0.400. The Kier molecular flexibility index (Phi) is 8.49. The van der Waals surface area contributed by atoms with E-state index >= 15 is 0 Å². The summed E-state index contributed by atoms with van der Waals surface area (Å²) in [6.07, 6.45) is 0. The molecule has 0 aromatic carbocycles. The second kappa shape index (κ2) is 6.82. The van der Waals surface area contributed by atoms with Crippen LogP contribution in [0.4, 0.5) is 0 Å². The van der Waals surface area contributed by atoms with Crippen LogP contribution in [0.2, 0.25) is 0 Å². The third-order valence-corrected chi connectivity index (χ3v) is 1.83. The Morgan fingerprint density at radius 2 is 2.18 bits per heavy atom. The van der Waals surface area contributed by atoms with Crippen LogP contribution in [0.1, 0.15) is 10.7 Å². The number of thiazole rings is 1. The van der Waals surface area contributed by atoms with Crippen LogP contribution in [-0.4, -0.2) is 10.1 Å². The third kappa shape index (κ3) is 3.88. The minimum atomic E-state index is 0. The van der Waals surface area contributed by atoms with Gasteiger partial charge >= 0.3 is 0 Å². The van der Waals surface area contributed by atoms with E-state index in [1.807, 2.05) is 5.38 Å². The number of rotatable bonds is 2. The number of nitrogens with two attached hydrogens (primary N) is 1. The summed E-state index contributed by atoms with van der Waals surface area (Å²) < 4.78 is 0. The standard InChI is InChI=1S/C5H8N2OS.2ClH/c6-1-4-3-9-5(2-8)7-4;;/h3,8H,1-2,6H2;2*1H. The Bertz CT molecular complexity index is 176. The fourth-order valence-electron chi connectivity index (χ4n) is 0.515. The number of hydrogen-bond acceptors (Lipinski definition) is 4. The van der Waals surface area contributed by atoms with Gasteiger partial charge in [0.2, 0.25) is 0 Å². The van der Waals surface area contributed by atoms with Crippen molar-refractivity contribution in [3.63, 3.8) is 0 Å². The molecule has 11 heavy (non-hydrogen) atoms. The Hall–Kier alpha value is 0.130. The lowest BCUT2D eigenvalue weighted by molar-refractivity contribution is 0.281. The van der Waals surface area contributed by atoms with E-state index in [9.17, 15) is 0 Å². The molecule has 0 aliphatic heterocycles. The number of hydrogen-bond donors (Lipinski definition) is 2. The summed E-state index contributed by atoms with van der Waals surface area (Å²) in [7, 11) is 0. The molecule has 0 aliphatic carbocycles. The number of aliphatic hydroxyl groups is 1. The van der Waals surface area contributed by atoms with Crippen LogP contribution in [0.5, 0.6) is 0 Å². The van der Waals surface area contributed by atoms with Crippen molar-refractivity contribution in [2.75, 3.05) is 0 Å². The Balaban J connectivity index is 0. The highest BCUT2D eigenvalue weighted by Crippen LogP contribution is 2.07. The molecule has 6 heteroatoms. The molecule has 0 fully saturated rings. The van der Waals surface area contributed by atoms with Crippen molar-refractivity contribution in [3.05, 3.63) is 16.1 Å². The van der Waals surface area contributed by atoms with Crippen LogP contribution >= 0.6 is 36.2 Å². The van der Waals surface area contributed by atoms with Gasteiger partial charge in [0.15, 0.2) is 0 Å². The van der Waals surface area contributed by atoms with Crippen LogP contribution < -0.4 is 5.73 Å². The maximum absolute atomic E-state index is 8.55. The van der Waals surface area contributed by atoms with Crippen LogP contribution in [0, 0.1) is 0 Å². The monoisotopic (exact) mass is 216 g/mol. The molecule has 0 saturated carbocycles. The van der Waals surface area contributed by atoms with Crippen molar-refractivity contribution >= 4 is 36.2 Å². The molecule has 1 aromatic heterocycles. The van der Waals surface area contributed by atoms with Gasteiger partial charge in [-0.3, -0.25) is 0 Å². The molecular weight excluding hydrogens is 207 g/mol. The van der Waals surface area contributed by atoms with E-state index in [0.29, 0.717) is 6.54 Å². The molecule has 0 unspecified atom stereocenters. The minimum Gasteiger partial charge on any atom is -0.389 e. The zero-order chi connectivity index (χ0) is 6.69. The van der Waals surface area contributed by atoms with E-state index in [4.69, 9.17) is 10.8 Å². The van der Waals surface area contributed by atoms with Gasteiger partial charge in [0.1, 0.15) is 5.01 Å². The predicted molar refractivity (Wildman–Crippen MR) is 50.4 cm³/mol. The Morgan fingerprint density at radius 1 is 1.55 bits per heavy atom. The first kappa shape index (κ1) is 13.7. The average molecular weight is 217 g/mol. The summed E-state index contributed by atoms with van der Waals surface area (Å²) in [5.74, 6) is 0. The molecule has 1 aromatic rings. The first-order valence-corrected chi connectivity index (χ1v) is 3.49. The van der Waals surface area contributed by atoms with E-state index < -0.39 is 0 Å². The lowest BCUT2D eigenvalue weighted by Gasteiger charge is -1.83. The van der Waals surface area contributed by atoms with Crippen LogP contribution in [0.15, 0.2) is 5.38 Å². The second-order valence-electron chi connectivity index (χ2n) is 1.59. The molecule has 0 radical (unpaired) electrons. The van der Waals surface area contributed by atoms with E-state index in [1.165, 1.54) is 11.3 Å². The van der Waals surface area contributed by atoms with Gasteiger partial charge in [0.05, 0.1) is 12.3 Å². The first-order chi connectivity index (χ1) is 4.36. The molecule has 0 atom stereocenters. The van der Waals surface area contributed by atoms with Gasteiger partial charge in [0.25, 0.3) is 0 Å². The van der Waals surface area contributed by atoms with Crippen LogP contribution in [0.3, 0.4) is 0 Å². The predicted octanol–water partition coefficient (Wildman–Crippen LogP) is 0.938. The summed E-state index contributed by atoms with van der Waals surface area (Å²) in [5, 5.41) is 11.1. The van der Waals surface area contributed by atoms with E-state index in [0.717, 1.165) is 10.7 Å². The Labute approximate surface area is 81.5 Å². The van der Waals surface area contributed by atoms with E-state index in [2.05, 4.69) is 4.98 Å². The lowest BCUT2D eigenvalue weighted by Crippen LogP contribution is -1.96. The maximum Gasteiger partial charge on any atom is 0.118 e. The van der Waals surface area contributed by atoms with Crippen molar-refractivity contribution < 1.29 is 5.11 Å². The molecule has 0 bridgehead atoms. The SMILES string of the molecule is Cl.Cl.NCc1csc(CO)n1. The largest absolute Gasteiger partial charge is 0.389 e. The number of nitrogens with zero attached hydrogens (tertiary/aromatic N) is 1. The number of aromatic nitrogens is 1.